The molecule has 0 saturated heterocycles. The number of benzene rings is 1. The van der Waals surface area contributed by atoms with Crippen molar-refractivity contribution in [1.82, 2.24) is 8.75 Å². The molecule has 0 atom stereocenters. The first-order valence-electron chi connectivity index (χ1n) is 4.21. The Kier molecular flexibility index (Phi) is 2.53. The van der Waals surface area contributed by atoms with Crippen molar-refractivity contribution in [3.8, 4) is 0 Å². The van der Waals surface area contributed by atoms with Crippen LogP contribution in [-0.2, 0) is 4.74 Å². The van der Waals surface area contributed by atoms with Gasteiger partial charge in [0.15, 0.2) is 0 Å². The lowest BCUT2D eigenvalue weighted by Crippen LogP contribution is -2.10. The van der Waals surface area contributed by atoms with Gasteiger partial charge in [-0.15, -0.1) is 0 Å². The largest absolute Gasteiger partial charge is 0.478 e. The molecule has 7 heteroatoms. The number of rotatable bonds is 2. The SMILES string of the molecule is COC(=O)c1cc2nsnc2cc1C(=O)O. The number of aromatic carboxylic acids is 1. The summed E-state index contributed by atoms with van der Waals surface area (Å²) in [4.78, 5) is 22.3. The van der Waals surface area contributed by atoms with E-state index in [1.165, 1.54) is 19.2 Å². The molecule has 0 aliphatic heterocycles. The van der Waals surface area contributed by atoms with Crippen molar-refractivity contribution in [3.05, 3.63) is 23.3 Å². The lowest BCUT2D eigenvalue weighted by Gasteiger charge is -2.03. The van der Waals surface area contributed by atoms with Gasteiger partial charge >= 0.3 is 11.9 Å². The van der Waals surface area contributed by atoms with Crippen LogP contribution in [-0.4, -0.2) is 32.9 Å². The summed E-state index contributed by atoms with van der Waals surface area (Å²) in [6.07, 6.45) is 0. The van der Waals surface area contributed by atoms with Gasteiger partial charge in [-0.1, -0.05) is 0 Å². The third kappa shape index (κ3) is 1.61. The predicted molar refractivity (Wildman–Crippen MR) is 55.7 cm³/mol. The standard InChI is InChI=1S/C9H6N2O4S/c1-15-9(14)5-3-7-6(10-16-11-7)2-4(5)8(12)13/h2-3H,1H3,(H,12,13). The first-order chi connectivity index (χ1) is 7.63. The van der Waals surface area contributed by atoms with E-state index < -0.39 is 11.9 Å². The zero-order valence-corrected chi connectivity index (χ0v) is 8.95. The molecule has 0 unspecified atom stereocenters. The van der Waals surface area contributed by atoms with Gasteiger partial charge in [-0.2, -0.15) is 8.75 Å². The van der Waals surface area contributed by atoms with E-state index in [4.69, 9.17) is 5.11 Å². The topological polar surface area (TPSA) is 89.4 Å². The van der Waals surface area contributed by atoms with E-state index in [-0.39, 0.29) is 11.1 Å². The van der Waals surface area contributed by atoms with Crippen LogP contribution in [0, 0.1) is 0 Å². The Morgan fingerprint density at radius 2 is 1.81 bits per heavy atom. The normalized spacial score (nSPS) is 10.3. The van der Waals surface area contributed by atoms with E-state index in [0.29, 0.717) is 11.0 Å². The zero-order valence-electron chi connectivity index (χ0n) is 8.13. The number of aromatic nitrogens is 2. The Balaban J connectivity index is 2.72. The number of carboxylic acid groups (broad SMARTS) is 1. The third-order valence-corrected chi connectivity index (χ3v) is 2.59. The average Bonchev–Trinajstić information content (AvgIpc) is 2.73. The van der Waals surface area contributed by atoms with E-state index in [2.05, 4.69) is 13.5 Å². The maximum atomic E-state index is 11.4. The molecule has 6 nitrogen and oxygen atoms in total. The van der Waals surface area contributed by atoms with Crippen LogP contribution in [0.5, 0.6) is 0 Å². The van der Waals surface area contributed by atoms with E-state index in [0.717, 1.165) is 11.7 Å². The summed E-state index contributed by atoms with van der Waals surface area (Å²) in [6, 6.07) is 2.68. The molecule has 1 aromatic carbocycles. The highest BCUT2D eigenvalue weighted by molar-refractivity contribution is 7.00. The molecule has 0 radical (unpaired) electrons. The molecule has 1 heterocycles. The second kappa shape index (κ2) is 3.86. The smallest absolute Gasteiger partial charge is 0.338 e. The monoisotopic (exact) mass is 238 g/mol. The highest BCUT2D eigenvalue weighted by Crippen LogP contribution is 2.19. The van der Waals surface area contributed by atoms with Gasteiger partial charge in [0, 0.05) is 0 Å². The van der Waals surface area contributed by atoms with Crippen molar-refractivity contribution in [1.29, 1.82) is 0 Å². The van der Waals surface area contributed by atoms with Gasteiger partial charge in [-0.3, -0.25) is 0 Å². The first kappa shape index (κ1) is 10.5. The summed E-state index contributed by atoms with van der Waals surface area (Å²) in [5.41, 5.74) is 0.785. The number of esters is 1. The molecule has 1 N–H and O–H groups in total. The van der Waals surface area contributed by atoms with Crippen molar-refractivity contribution in [3.63, 3.8) is 0 Å². The summed E-state index contributed by atoms with van der Waals surface area (Å²) in [7, 11) is 1.19. The fourth-order valence-corrected chi connectivity index (χ4v) is 1.80. The Labute approximate surface area is 93.8 Å². The van der Waals surface area contributed by atoms with Crippen LogP contribution < -0.4 is 0 Å². The van der Waals surface area contributed by atoms with Crippen molar-refractivity contribution in [2.45, 2.75) is 0 Å². The minimum absolute atomic E-state index is 0.0183. The average molecular weight is 238 g/mol. The summed E-state index contributed by atoms with van der Waals surface area (Å²) in [5.74, 6) is -1.90. The molecule has 0 fully saturated rings. The Hall–Kier alpha value is -2.02. The quantitative estimate of drug-likeness (QED) is 0.790. The number of carbonyl (C=O) groups is 2. The number of ether oxygens (including phenoxy) is 1. The van der Waals surface area contributed by atoms with Crippen molar-refractivity contribution in [2.24, 2.45) is 0 Å². The van der Waals surface area contributed by atoms with E-state index in [9.17, 15) is 9.59 Å². The number of carboxylic acids is 1. The molecule has 0 amide bonds. The molecule has 2 rings (SSSR count). The lowest BCUT2D eigenvalue weighted by molar-refractivity contribution is 0.0583. The number of methoxy groups -OCH3 is 1. The maximum Gasteiger partial charge on any atom is 0.338 e. The van der Waals surface area contributed by atoms with Crippen LogP contribution in [0.25, 0.3) is 11.0 Å². The molecular weight excluding hydrogens is 232 g/mol. The Bertz CT molecular complexity index is 578. The third-order valence-electron chi connectivity index (χ3n) is 2.03. The Morgan fingerprint density at radius 3 is 2.31 bits per heavy atom. The lowest BCUT2D eigenvalue weighted by atomic mass is 10.1. The molecule has 16 heavy (non-hydrogen) atoms. The van der Waals surface area contributed by atoms with Crippen LogP contribution in [0.3, 0.4) is 0 Å². The summed E-state index contributed by atoms with van der Waals surface area (Å²) in [6.45, 7) is 0. The van der Waals surface area contributed by atoms with Gasteiger partial charge < -0.3 is 9.84 Å². The van der Waals surface area contributed by atoms with Gasteiger partial charge in [-0.05, 0) is 12.1 Å². The first-order valence-corrected chi connectivity index (χ1v) is 4.94. The number of carbonyl (C=O) groups excluding carboxylic acids is 1. The van der Waals surface area contributed by atoms with Crippen LogP contribution in [0.4, 0.5) is 0 Å². The van der Waals surface area contributed by atoms with E-state index in [1.54, 1.807) is 0 Å². The second-order valence-electron chi connectivity index (χ2n) is 2.95. The van der Waals surface area contributed by atoms with Gasteiger partial charge in [0.05, 0.1) is 30.0 Å². The molecule has 2 aromatic rings. The van der Waals surface area contributed by atoms with Crippen LogP contribution in [0.15, 0.2) is 12.1 Å². The number of nitrogens with zero attached hydrogens (tertiary/aromatic N) is 2. The molecule has 0 aliphatic carbocycles. The number of fused-ring (bicyclic) bond motifs is 1. The zero-order chi connectivity index (χ0) is 11.7. The molecule has 0 bridgehead atoms. The summed E-state index contributed by atoms with van der Waals surface area (Å²) < 4.78 is 12.3. The van der Waals surface area contributed by atoms with Crippen LogP contribution >= 0.6 is 11.7 Å². The molecule has 82 valence electrons. The highest BCUT2D eigenvalue weighted by Gasteiger charge is 2.19. The van der Waals surface area contributed by atoms with Crippen molar-refractivity contribution in [2.75, 3.05) is 7.11 Å². The predicted octanol–water partition coefficient (Wildman–Crippen LogP) is 1.18. The molecule has 0 saturated carbocycles. The molecule has 1 aromatic heterocycles. The highest BCUT2D eigenvalue weighted by atomic mass is 32.1. The van der Waals surface area contributed by atoms with Gasteiger partial charge in [0.25, 0.3) is 0 Å². The van der Waals surface area contributed by atoms with Gasteiger partial charge in [-0.25, -0.2) is 9.59 Å². The van der Waals surface area contributed by atoms with Crippen molar-refractivity contribution >= 4 is 34.7 Å². The minimum Gasteiger partial charge on any atom is -0.478 e. The fraction of sp³-hybridized carbons (Fsp3) is 0.111. The van der Waals surface area contributed by atoms with Gasteiger partial charge in [0.2, 0.25) is 0 Å². The van der Waals surface area contributed by atoms with Crippen LogP contribution in [0.1, 0.15) is 20.7 Å². The minimum atomic E-state index is -1.20. The number of hydrogen-bond donors (Lipinski definition) is 1. The number of hydrogen-bond acceptors (Lipinski definition) is 6. The van der Waals surface area contributed by atoms with Crippen molar-refractivity contribution < 1.29 is 19.4 Å². The molecule has 0 aliphatic rings. The second-order valence-corrected chi connectivity index (χ2v) is 3.48. The summed E-state index contributed by atoms with van der Waals surface area (Å²) in [5, 5.41) is 8.95. The van der Waals surface area contributed by atoms with E-state index in [1.807, 2.05) is 0 Å². The Morgan fingerprint density at radius 1 is 1.25 bits per heavy atom. The van der Waals surface area contributed by atoms with E-state index >= 15 is 0 Å². The molecular formula is C9H6N2O4S. The van der Waals surface area contributed by atoms with Gasteiger partial charge in [0.1, 0.15) is 11.0 Å². The van der Waals surface area contributed by atoms with Crippen LogP contribution in [0.2, 0.25) is 0 Å². The maximum absolute atomic E-state index is 11.4. The summed E-state index contributed by atoms with van der Waals surface area (Å²) >= 11 is 0.956. The fourth-order valence-electron chi connectivity index (χ4n) is 1.29. The molecule has 0 spiro atoms.